The van der Waals surface area contributed by atoms with E-state index in [1.807, 2.05) is 20.0 Å². The molecule has 0 radical (unpaired) electrons. The van der Waals surface area contributed by atoms with Crippen molar-refractivity contribution in [3.63, 3.8) is 0 Å². The van der Waals surface area contributed by atoms with E-state index < -0.39 is 10.8 Å². The number of hydrogen-bond acceptors (Lipinski definition) is 6. The number of carbonyl (C=O) groups is 3. The van der Waals surface area contributed by atoms with Crippen molar-refractivity contribution in [2.24, 2.45) is 73.9 Å². The van der Waals surface area contributed by atoms with Gasteiger partial charge in [-0.25, -0.2) is 9.37 Å². The molecule has 2 heterocycles. The zero-order valence-electron chi connectivity index (χ0n) is 40.6. The number of amides is 1. The van der Waals surface area contributed by atoms with Gasteiger partial charge < -0.3 is 19.4 Å². The lowest BCUT2D eigenvalue weighted by Gasteiger charge is -2.73. The lowest BCUT2D eigenvalue weighted by atomic mass is 9.32. The smallest absolute Gasteiger partial charge is 0.309 e. The molecule has 1 saturated heterocycles. The maximum atomic E-state index is 15.6. The molecule has 9 rings (SSSR count). The van der Waals surface area contributed by atoms with Crippen LogP contribution in [-0.4, -0.2) is 52.0 Å². The zero-order chi connectivity index (χ0) is 45.8. The molecular formula is C55H78FN3O5. The van der Waals surface area contributed by atoms with Gasteiger partial charge in [-0.3, -0.25) is 14.4 Å². The number of halogens is 1. The van der Waals surface area contributed by atoms with Crippen LogP contribution in [0.25, 0.3) is 11.3 Å². The van der Waals surface area contributed by atoms with Crippen LogP contribution in [0.1, 0.15) is 170 Å². The fraction of sp³-hybridized carbons (Fsp3) is 0.745. The number of fused-ring (bicyclic) bond motifs is 7. The second-order valence-corrected chi connectivity index (χ2v) is 24.2. The van der Waals surface area contributed by atoms with Crippen LogP contribution in [0.5, 0.6) is 0 Å². The Labute approximate surface area is 383 Å². The molecule has 2 unspecified atom stereocenters. The van der Waals surface area contributed by atoms with E-state index in [2.05, 4.69) is 64.9 Å². The summed E-state index contributed by atoms with van der Waals surface area (Å²) in [6.45, 7) is 26.8. The minimum atomic E-state index is -0.481. The molecule has 1 aromatic heterocycles. The number of hydrogen-bond donors (Lipinski definition) is 1. The van der Waals surface area contributed by atoms with Gasteiger partial charge in [0.15, 0.2) is 0 Å². The van der Waals surface area contributed by atoms with Gasteiger partial charge in [0.25, 0.3) is 0 Å². The van der Waals surface area contributed by atoms with Gasteiger partial charge in [-0.2, -0.15) is 0 Å². The summed E-state index contributed by atoms with van der Waals surface area (Å²) in [5, 5.41) is 0. The second kappa shape index (κ2) is 16.1. The molecule has 1 aromatic carbocycles. The molecule has 0 spiro atoms. The fourth-order valence-electron chi connectivity index (χ4n) is 16.9. The maximum Gasteiger partial charge on any atom is 0.309 e. The van der Waals surface area contributed by atoms with Crippen molar-refractivity contribution in [3.8, 4) is 11.3 Å². The standard InChI is InChI=1S/C55H78FN3O5/c1-11-12-30-63-47(60)38-31-39(50(38,4)5)48(61)64-44-23-24-52(8)42(51(44,6)7)22-25-54(10)43(52)20-19-37-45-36(33(2)3)21-26-55(45,28-27-53(37,54)9)49(62)59-29-13-14-41(59)46-57-32-40(58-46)34-15-17-35(56)18-16-34/h15-18,32,36-39,41-45H,2,11-14,19-31H2,1,3-10H3,(H,57,58)/t36-,37+,38?,39?,41-,42-,43+,44-,45+,52-,53+,54+,55-/m0/s1. The first-order chi connectivity index (χ1) is 30.2. The first-order valence-electron chi connectivity index (χ1n) is 25.4. The van der Waals surface area contributed by atoms with E-state index in [1.165, 1.54) is 24.1 Å². The van der Waals surface area contributed by atoms with E-state index in [0.717, 1.165) is 107 Å². The molecule has 1 N–H and O–H groups in total. The number of nitrogens with zero attached hydrogens (tertiary/aromatic N) is 2. The second-order valence-electron chi connectivity index (χ2n) is 24.2. The van der Waals surface area contributed by atoms with Gasteiger partial charge >= 0.3 is 11.9 Å². The van der Waals surface area contributed by atoms with E-state index in [9.17, 15) is 14.0 Å². The molecule has 7 aliphatic rings. The number of carbonyl (C=O) groups excluding carboxylic acids is 3. The van der Waals surface area contributed by atoms with Crippen molar-refractivity contribution in [2.75, 3.05) is 13.2 Å². The van der Waals surface area contributed by atoms with Crippen LogP contribution >= 0.6 is 0 Å². The zero-order valence-corrected chi connectivity index (χ0v) is 40.6. The molecule has 64 heavy (non-hydrogen) atoms. The van der Waals surface area contributed by atoms with E-state index in [0.29, 0.717) is 42.6 Å². The Bertz CT molecular complexity index is 2140. The van der Waals surface area contributed by atoms with Crippen LogP contribution in [0.4, 0.5) is 4.39 Å². The Balaban J connectivity index is 0.929. The summed E-state index contributed by atoms with van der Waals surface area (Å²) in [7, 11) is 0. The molecule has 0 bridgehead atoms. The molecular weight excluding hydrogens is 802 g/mol. The summed E-state index contributed by atoms with van der Waals surface area (Å²) in [4.78, 5) is 53.1. The maximum absolute atomic E-state index is 15.6. The number of aromatic amines is 1. The highest BCUT2D eigenvalue weighted by atomic mass is 19.1. The molecule has 350 valence electrons. The first kappa shape index (κ1) is 45.7. The largest absolute Gasteiger partial charge is 0.465 e. The van der Waals surface area contributed by atoms with Gasteiger partial charge in [-0.1, -0.05) is 74.0 Å². The van der Waals surface area contributed by atoms with E-state index in [-0.39, 0.29) is 69.3 Å². The van der Waals surface area contributed by atoms with Crippen molar-refractivity contribution in [1.82, 2.24) is 14.9 Å². The third-order valence-electron chi connectivity index (χ3n) is 20.8. The third-order valence-corrected chi connectivity index (χ3v) is 20.8. The Morgan fingerprint density at radius 1 is 0.844 bits per heavy atom. The van der Waals surface area contributed by atoms with Crippen LogP contribution in [0.2, 0.25) is 0 Å². The Morgan fingerprint density at radius 2 is 1.58 bits per heavy atom. The van der Waals surface area contributed by atoms with Crippen LogP contribution in [0, 0.1) is 79.7 Å². The average molecular weight is 880 g/mol. The summed E-state index contributed by atoms with van der Waals surface area (Å²) in [6, 6.07) is 6.41. The molecule has 1 amide bonds. The highest BCUT2D eigenvalue weighted by molar-refractivity contribution is 5.85. The highest BCUT2D eigenvalue weighted by Crippen LogP contribution is 2.78. The van der Waals surface area contributed by atoms with Crippen LogP contribution in [-0.2, 0) is 23.9 Å². The highest BCUT2D eigenvalue weighted by Gasteiger charge is 2.72. The van der Waals surface area contributed by atoms with Gasteiger partial charge in [0, 0.05) is 12.0 Å². The Hall–Kier alpha value is -3.49. The van der Waals surface area contributed by atoms with Crippen LogP contribution in [0.15, 0.2) is 42.6 Å². The number of rotatable bonds is 10. The van der Waals surface area contributed by atoms with Crippen molar-refractivity contribution in [1.29, 1.82) is 0 Å². The van der Waals surface area contributed by atoms with Crippen molar-refractivity contribution in [3.05, 3.63) is 54.3 Å². The van der Waals surface area contributed by atoms with Crippen LogP contribution in [0.3, 0.4) is 0 Å². The number of allylic oxidation sites excluding steroid dienone is 1. The molecule has 13 atom stereocenters. The van der Waals surface area contributed by atoms with Gasteiger partial charge in [0.1, 0.15) is 17.7 Å². The summed E-state index contributed by atoms with van der Waals surface area (Å²) < 4.78 is 25.9. The lowest BCUT2D eigenvalue weighted by molar-refractivity contribution is -0.251. The summed E-state index contributed by atoms with van der Waals surface area (Å²) in [5.74, 6) is 2.06. The first-order valence-corrected chi connectivity index (χ1v) is 25.4. The number of benzene rings is 1. The number of nitrogens with one attached hydrogen (secondary N) is 1. The van der Waals surface area contributed by atoms with Crippen molar-refractivity contribution in [2.45, 2.75) is 171 Å². The molecule has 9 heteroatoms. The number of H-pyrrole nitrogens is 1. The van der Waals surface area contributed by atoms with Crippen molar-refractivity contribution < 1.29 is 28.2 Å². The summed E-state index contributed by atoms with van der Waals surface area (Å²) >= 11 is 0. The van der Waals surface area contributed by atoms with Crippen LogP contribution < -0.4 is 0 Å². The molecule has 1 aliphatic heterocycles. The van der Waals surface area contributed by atoms with E-state index in [1.54, 1.807) is 12.1 Å². The summed E-state index contributed by atoms with van der Waals surface area (Å²) in [5.41, 5.74) is 2.23. The summed E-state index contributed by atoms with van der Waals surface area (Å²) in [6.07, 6.45) is 16.3. The van der Waals surface area contributed by atoms with E-state index >= 15 is 4.79 Å². The third kappa shape index (κ3) is 6.73. The molecule has 8 nitrogen and oxygen atoms in total. The number of esters is 2. The van der Waals surface area contributed by atoms with E-state index in [4.69, 9.17) is 14.5 Å². The van der Waals surface area contributed by atoms with Gasteiger partial charge in [0.2, 0.25) is 5.91 Å². The number of imidazole rings is 1. The van der Waals surface area contributed by atoms with Gasteiger partial charge in [0.05, 0.1) is 41.8 Å². The number of aromatic nitrogens is 2. The molecule has 2 aromatic rings. The minimum absolute atomic E-state index is 0.0867. The Morgan fingerprint density at radius 3 is 2.28 bits per heavy atom. The monoisotopic (exact) mass is 880 g/mol. The average Bonchev–Trinajstić information content (AvgIpc) is 4.02. The topological polar surface area (TPSA) is 102 Å². The van der Waals surface area contributed by atoms with Gasteiger partial charge in [-0.05, 0) is 178 Å². The number of unbranched alkanes of at least 4 members (excludes halogenated alkanes) is 1. The Kier molecular flexibility index (Phi) is 11.5. The van der Waals surface area contributed by atoms with Crippen molar-refractivity contribution >= 4 is 17.8 Å². The SMILES string of the molecule is C=C(C)[C@@H]1CC[C@]2(C(=O)N3CCC[C@H]3c3ncc(-c4ccc(F)cc4)[nH]3)CC[C@]3(C)[C@H](CC[C@@H]4[C@@]5(C)CC[C@H](OC(=O)C6CC(C(=O)OCCCC)C6(C)C)C(C)(C)[C@@H]5CC[C@]43C)[C@@H]12. The molecule has 6 saturated carbocycles. The normalized spacial score (nSPS) is 40.5. The quantitative estimate of drug-likeness (QED) is 0.145. The predicted octanol–water partition coefficient (Wildman–Crippen LogP) is 12.5. The van der Waals surface area contributed by atoms with Gasteiger partial charge in [-0.15, -0.1) is 0 Å². The minimum Gasteiger partial charge on any atom is -0.465 e. The molecule has 7 fully saturated rings. The number of likely N-dealkylation sites (tertiary alicyclic amines) is 1. The number of ether oxygens (including phenoxy) is 2. The molecule has 6 aliphatic carbocycles. The fourth-order valence-corrected chi connectivity index (χ4v) is 16.9. The predicted molar refractivity (Wildman–Crippen MR) is 248 cm³/mol. The lowest BCUT2D eigenvalue weighted by Crippen LogP contribution is -2.67.